The third-order valence-electron chi connectivity index (χ3n) is 10.9. The maximum absolute atomic E-state index is 15.6. The van der Waals surface area contributed by atoms with E-state index in [0.717, 1.165) is 53.7 Å². The fourth-order valence-corrected chi connectivity index (χ4v) is 8.18. The van der Waals surface area contributed by atoms with Gasteiger partial charge >= 0.3 is 12.6 Å². The molecule has 0 amide bonds. The minimum atomic E-state index is -3.09. The van der Waals surface area contributed by atoms with Crippen molar-refractivity contribution in [3.8, 4) is 39.7 Å². The molecular formula is C41H39F4N5O4. The molecule has 0 spiro atoms. The van der Waals surface area contributed by atoms with Crippen LogP contribution in [0.15, 0.2) is 59.0 Å². The van der Waals surface area contributed by atoms with Crippen molar-refractivity contribution in [2.24, 2.45) is 7.05 Å². The molecular weight excluding hydrogens is 702 g/mol. The number of likely N-dealkylation sites (tertiary alicyclic amines) is 2. The summed E-state index contributed by atoms with van der Waals surface area (Å²) < 4.78 is 70.5. The Bertz CT molecular complexity index is 2420. The van der Waals surface area contributed by atoms with E-state index < -0.39 is 30.3 Å². The van der Waals surface area contributed by atoms with E-state index in [2.05, 4.69) is 4.90 Å². The largest absolute Gasteiger partial charge is 0.480 e. The van der Waals surface area contributed by atoms with E-state index in [-0.39, 0.29) is 29.3 Å². The van der Waals surface area contributed by atoms with Gasteiger partial charge in [-0.05, 0) is 99.6 Å². The van der Waals surface area contributed by atoms with Crippen LogP contribution in [0.25, 0.3) is 56.1 Å². The second-order valence-electron chi connectivity index (χ2n) is 14.3. The Morgan fingerprint density at radius 3 is 2.24 bits per heavy atom. The molecule has 8 rings (SSSR count). The van der Waals surface area contributed by atoms with Crippen LogP contribution in [0.1, 0.15) is 47.9 Å². The van der Waals surface area contributed by atoms with Crippen molar-refractivity contribution in [3.05, 3.63) is 88.5 Å². The van der Waals surface area contributed by atoms with Gasteiger partial charge in [0, 0.05) is 48.5 Å². The Hall–Kier alpha value is -5.27. The van der Waals surface area contributed by atoms with Gasteiger partial charge in [-0.1, -0.05) is 30.3 Å². The number of halogens is 4. The molecule has 1 N–H and O–H groups in total. The summed E-state index contributed by atoms with van der Waals surface area (Å²) in [4.78, 5) is 25.2. The number of fused-ring (bicyclic) bond motifs is 2. The molecule has 4 heterocycles. The lowest BCUT2D eigenvalue weighted by molar-refractivity contribution is -0.142. The highest BCUT2D eigenvalue weighted by molar-refractivity contribution is 5.87. The van der Waals surface area contributed by atoms with E-state index in [0.29, 0.717) is 59.5 Å². The summed E-state index contributed by atoms with van der Waals surface area (Å²) in [5.41, 5.74) is 6.82. The zero-order chi connectivity index (χ0) is 37.8. The molecule has 1 atom stereocenters. The van der Waals surface area contributed by atoms with Gasteiger partial charge in [-0.2, -0.15) is 8.78 Å². The molecule has 0 bridgehead atoms. The van der Waals surface area contributed by atoms with Gasteiger partial charge in [0.25, 0.3) is 0 Å². The highest BCUT2D eigenvalue weighted by Gasteiger charge is 2.32. The highest BCUT2D eigenvalue weighted by Crippen LogP contribution is 2.39. The van der Waals surface area contributed by atoms with E-state index in [9.17, 15) is 18.7 Å². The van der Waals surface area contributed by atoms with Crippen molar-refractivity contribution in [1.29, 1.82) is 0 Å². The lowest BCUT2D eigenvalue weighted by Gasteiger charge is -2.22. The number of carboxylic acids is 1. The number of hydrogen-bond donors (Lipinski definition) is 1. The second-order valence-corrected chi connectivity index (χ2v) is 14.3. The maximum atomic E-state index is 15.6. The summed E-state index contributed by atoms with van der Waals surface area (Å²) in [6.07, 6.45) is 3.26. The fraction of sp³-hybridized carbons (Fsp3) is 0.341. The van der Waals surface area contributed by atoms with E-state index in [1.807, 2.05) is 50.2 Å². The van der Waals surface area contributed by atoms with E-state index in [1.165, 1.54) is 6.07 Å². The molecule has 4 aromatic carbocycles. The Labute approximate surface area is 308 Å². The van der Waals surface area contributed by atoms with Gasteiger partial charge in [-0.25, -0.2) is 18.7 Å². The predicted molar refractivity (Wildman–Crippen MR) is 196 cm³/mol. The van der Waals surface area contributed by atoms with Crippen molar-refractivity contribution < 1.29 is 36.6 Å². The number of imidazole rings is 1. The van der Waals surface area contributed by atoms with Crippen LogP contribution in [0.2, 0.25) is 0 Å². The highest BCUT2D eigenvalue weighted by atomic mass is 19.3. The molecule has 0 radical (unpaired) electrons. The van der Waals surface area contributed by atoms with Crippen LogP contribution in [0.4, 0.5) is 17.6 Å². The van der Waals surface area contributed by atoms with Crippen molar-refractivity contribution in [3.63, 3.8) is 0 Å². The smallest absolute Gasteiger partial charge is 0.387 e. The average molecular weight is 742 g/mol. The van der Waals surface area contributed by atoms with Crippen LogP contribution in [-0.2, 0) is 24.9 Å². The molecule has 2 fully saturated rings. The summed E-state index contributed by atoms with van der Waals surface area (Å²) in [6, 6.07) is 15.5. The van der Waals surface area contributed by atoms with Gasteiger partial charge in [0.05, 0.1) is 5.52 Å². The number of ether oxygens (including phenoxy) is 1. The number of aromatic nitrogens is 3. The molecule has 2 aliphatic heterocycles. The van der Waals surface area contributed by atoms with Crippen molar-refractivity contribution in [1.82, 2.24) is 24.3 Å². The monoisotopic (exact) mass is 741 g/mol. The molecule has 280 valence electrons. The van der Waals surface area contributed by atoms with Crippen molar-refractivity contribution in [2.75, 3.05) is 19.6 Å². The second kappa shape index (κ2) is 14.2. The molecule has 9 nitrogen and oxygen atoms in total. The summed E-state index contributed by atoms with van der Waals surface area (Å²) in [6.45, 7) is 3.51. The SMILES string of the molecule is Cc1c(-c2nc3cc(CN4CCC[C@H]4C(=O)O)c(OC(F)F)cc3o2)cccc1-c1cccc(-c2nc3cc(CN4CCCC4)c(F)c(F)c3n2C)c1C. The standard InChI is InChI=1S/C41H39F4N5O4/c1-22-26(9-6-11-28(22)38-46-31-18-25(20-49-14-4-5-15-49)35(42)36(43)37(31)48(38)3)27-10-7-12-29(23(27)2)39-47-30-17-24(21-50-16-8-13-32(50)40(51)52)33(54-41(44)45)19-34(30)53-39/h6-7,9-12,17-19,32,41H,4-5,8,13-16,20-21H2,1-3H3,(H,51,52)/t32-/m0/s1. The Morgan fingerprint density at radius 1 is 0.870 bits per heavy atom. The normalized spacial score (nSPS) is 16.8. The third-order valence-corrected chi connectivity index (χ3v) is 10.9. The first-order valence-corrected chi connectivity index (χ1v) is 18.1. The Kier molecular flexibility index (Phi) is 9.39. The molecule has 2 saturated heterocycles. The van der Waals surface area contributed by atoms with Crippen LogP contribution in [0.3, 0.4) is 0 Å². The number of rotatable bonds is 10. The molecule has 13 heteroatoms. The first kappa shape index (κ1) is 35.7. The number of aryl methyl sites for hydroxylation is 1. The Morgan fingerprint density at radius 2 is 1.54 bits per heavy atom. The van der Waals surface area contributed by atoms with Crippen molar-refractivity contribution in [2.45, 2.75) is 65.3 Å². The van der Waals surface area contributed by atoms with Gasteiger partial charge in [0.2, 0.25) is 5.89 Å². The van der Waals surface area contributed by atoms with E-state index >= 15 is 8.78 Å². The third kappa shape index (κ3) is 6.38. The number of oxazole rings is 1. The van der Waals surface area contributed by atoms with Crippen LogP contribution in [0, 0.1) is 25.5 Å². The number of alkyl halides is 2. The first-order valence-electron chi connectivity index (χ1n) is 18.1. The number of benzene rings is 4. The summed E-state index contributed by atoms with van der Waals surface area (Å²) in [5.74, 6) is -2.01. The van der Waals surface area contributed by atoms with Gasteiger partial charge in [-0.3, -0.25) is 14.6 Å². The Balaban J connectivity index is 1.15. The molecule has 0 aliphatic carbocycles. The lowest BCUT2D eigenvalue weighted by atomic mass is 9.91. The number of hydrogen-bond acceptors (Lipinski definition) is 7. The molecule has 2 aliphatic rings. The zero-order valence-electron chi connectivity index (χ0n) is 30.1. The topological polar surface area (TPSA) is 96.9 Å². The number of nitrogens with zero attached hydrogens (tertiary/aromatic N) is 5. The molecule has 6 aromatic rings. The maximum Gasteiger partial charge on any atom is 0.387 e. The molecule has 2 aromatic heterocycles. The van der Waals surface area contributed by atoms with E-state index in [1.54, 1.807) is 28.6 Å². The number of carboxylic acid groups (broad SMARTS) is 1. The fourth-order valence-electron chi connectivity index (χ4n) is 8.18. The van der Waals surface area contributed by atoms with Crippen LogP contribution in [-0.4, -0.2) is 67.7 Å². The van der Waals surface area contributed by atoms with Gasteiger partial charge < -0.3 is 18.8 Å². The van der Waals surface area contributed by atoms with Gasteiger partial charge in [0.1, 0.15) is 28.6 Å². The quantitative estimate of drug-likeness (QED) is 0.139. The molecule has 0 saturated carbocycles. The number of carbonyl (C=O) groups is 1. The van der Waals surface area contributed by atoms with Crippen LogP contribution in [0.5, 0.6) is 5.75 Å². The minimum absolute atomic E-state index is 0.0958. The van der Waals surface area contributed by atoms with Crippen molar-refractivity contribution >= 4 is 28.1 Å². The minimum Gasteiger partial charge on any atom is -0.480 e. The predicted octanol–water partition coefficient (Wildman–Crippen LogP) is 8.86. The number of aliphatic carboxylic acids is 1. The zero-order valence-corrected chi connectivity index (χ0v) is 30.1. The molecule has 0 unspecified atom stereocenters. The first-order chi connectivity index (χ1) is 26.0. The van der Waals surface area contributed by atoms with Crippen LogP contribution >= 0.6 is 0 Å². The lowest BCUT2D eigenvalue weighted by Crippen LogP contribution is -2.35. The summed E-state index contributed by atoms with van der Waals surface area (Å²) in [7, 11) is 1.69. The average Bonchev–Trinajstić information content (AvgIpc) is 3.95. The summed E-state index contributed by atoms with van der Waals surface area (Å²) >= 11 is 0. The van der Waals surface area contributed by atoms with Gasteiger partial charge in [0.15, 0.2) is 17.2 Å². The summed E-state index contributed by atoms with van der Waals surface area (Å²) in [5, 5.41) is 9.66. The van der Waals surface area contributed by atoms with E-state index in [4.69, 9.17) is 19.1 Å². The molecule has 54 heavy (non-hydrogen) atoms. The van der Waals surface area contributed by atoms with Gasteiger partial charge in [-0.15, -0.1) is 0 Å². The van der Waals surface area contributed by atoms with Crippen LogP contribution < -0.4 is 4.74 Å².